The van der Waals surface area contributed by atoms with E-state index in [0.717, 1.165) is 81.0 Å². The van der Waals surface area contributed by atoms with Crippen molar-refractivity contribution in [2.45, 2.75) is 65.6 Å². The first-order chi connectivity index (χ1) is 17.0. The van der Waals surface area contributed by atoms with E-state index >= 15 is 0 Å². The van der Waals surface area contributed by atoms with Crippen molar-refractivity contribution in [3.05, 3.63) is 59.9 Å². The van der Waals surface area contributed by atoms with Gasteiger partial charge in [-0.1, -0.05) is 37.6 Å². The fourth-order valence-electron chi connectivity index (χ4n) is 5.06. The number of nitrogens with zero attached hydrogens (tertiary/aromatic N) is 4. The predicted molar refractivity (Wildman–Crippen MR) is 142 cm³/mol. The molecule has 2 aromatic carbocycles. The standard InChI is InChI=1S/C29H40N4O2/c1-5-6-17-32(22(2)3)29(34)24-15-18-31(19-16-24)21-28-30-26-9-7-8-10-27(26)33(28)20-23-11-13-25(35-4)14-12-23/h7-14,22,24H,5-6,15-21H2,1-4H3. The number of imidazole rings is 1. The van der Waals surface area contributed by atoms with Gasteiger partial charge in [-0.05, 0) is 76.0 Å². The third-order valence-electron chi connectivity index (χ3n) is 7.19. The molecule has 1 aromatic heterocycles. The molecule has 0 bridgehead atoms. The van der Waals surface area contributed by atoms with Crippen LogP contribution in [-0.2, 0) is 17.9 Å². The molecule has 35 heavy (non-hydrogen) atoms. The molecule has 6 nitrogen and oxygen atoms in total. The minimum atomic E-state index is 0.142. The van der Waals surface area contributed by atoms with Crippen molar-refractivity contribution >= 4 is 16.9 Å². The highest BCUT2D eigenvalue weighted by atomic mass is 16.5. The fraction of sp³-hybridized carbons (Fsp3) is 0.517. The lowest BCUT2D eigenvalue weighted by Gasteiger charge is -2.35. The summed E-state index contributed by atoms with van der Waals surface area (Å²) in [5, 5.41) is 0. The van der Waals surface area contributed by atoms with Crippen molar-refractivity contribution < 1.29 is 9.53 Å². The largest absolute Gasteiger partial charge is 0.497 e. The molecule has 0 radical (unpaired) electrons. The van der Waals surface area contributed by atoms with E-state index in [4.69, 9.17) is 9.72 Å². The molecule has 188 valence electrons. The monoisotopic (exact) mass is 476 g/mol. The number of benzene rings is 2. The van der Waals surface area contributed by atoms with Gasteiger partial charge < -0.3 is 14.2 Å². The minimum absolute atomic E-state index is 0.142. The zero-order chi connectivity index (χ0) is 24.8. The average molecular weight is 477 g/mol. The second-order valence-electron chi connectivity index (χ2n) is 9.98. The Kier molecular flexibility index (Phi) is 8.45. The number of methoxy groups -OCH3 is 1. The number of piperidine rings is 1. The second-order valence-corrected chi connectivity index (χ2v) is 9.98. The predicted octanol–water partition coefficient (Wildman–Crippen LogP) is 5.34. The van der Waals surface area contributed by atoms with Crippen LogP contribution in [0.25, 0.3) is 11.0 Å². The van der Waals surface area contributed by atoms with Crippen molar-refractivity contribution in [2.75, 3.05) is 26.7 Å². The molecule has 3 aromatic rings. The van der Waals surface area contributed by atoms with Crippen LogP contribution in [0.3, 0.4) is 0 Å². The number of carbonyl (C=O) groups excluding carboxylic acids is 1. The molecule has 6 heteroatoms. The summed E-state index contributed by atoms with van der Waals surface area (Å²) < 4.78 is 7.65. The van der Waals surface area contributed by atoms with Gasteiger partial charge in [0.25, 0.3) is 0 Å². The van der Waals surface area contributed by atoms with E-state index in [0.29, 0.717) is 5.91 Å². The molecule has 1 fully saturated rings. The lowest BCUT2D eigenvalue weighted by Crippen LogP contribution is -2.45. The Morgan fingerprint density at radius 2 is 1.80 bits per heavy atom. The summed E-state index contributed by atoms with van der Waals surface area (Å²) in [4.78, 5) is 22.8. The van der Waals surface area contributed by atoms with Crippen LogP contribution in [0.15, 0.2) is 48.5 Å². The molecule has 0 unspecified atom stereocenters. The number of fused-ring (bicyclic) bond motifs is 1. The van der Waals surface area contributed by atoms with E-state index in [-0.39, 0.29) is 12.0 Å². The van der Waals surface area contributed by atoms with Crippen LogP contribution < -0.4 is 4.74 Å². The van der Waals surface area contributed by atoms with E-state index < -0.39 is 0 Å². The molecular formula is C29H40N4O2. The van der Waals surface area contributed by atoms with Gasteiger partial charge >= 0.3 is 0 Å². The molecule has 0 aliphatic carbocycles. The second kappa shape index (κ2) is 11.7. The van der Waals surface area contributed by atoms with Gasteiger partial charge in [-0.2, -0.15) is 0 Å². The number of ether oxygens (including phenoxy) is 1. The van der Waals surface area contributed by atoms with Crippen molar-refractivity contribution in [1.29, 1.82) is 0 Å². The summed E-state index contributed by atoms with van der Waals surface area (Å²) >= 11 is 0. The number of hydrogen-bond acceptors (Lipinski definition) is 4. The topological polar surface area (TPSA) is 50.6 Å². The zero-order valence-electron chi connectivity index (χ0n) is 21.7. The normalized spacial score (nSPS) is 15.1. The third kappa shape index (κ3) is 6.04. The average Bonchev–Trinajstić information content (AvgIpc) is 3.21. The Hall–Kier alpha value is -2.86. The molecule has 0 spiro atoms. The lowest BCUT2D eigenvalue weighted by molar-refractivity contribution is -0.139. The molecule has 2 heterocycles. The summed E-state index contributed by atoms with van der Waals surface area (Å²) in [6, 6.07) is 16.9. The highest BCUT2D eigenvalue weighted by Gasteiger charge is 2.30. The Labute approximate surface area is 209 Å². The number of unbranched alkanes of at least 4 members (excludes halogenated alkanes) is 1. The molecule has 0 atom stereocenters. The Morgan fingerprint density at radius 1 is 1.09 bits per heavy atom. The first-order valence-electron chi connectivity index (χ1n) is 13.1. The summed E-state index contributed by atoms with van der Waals surface area (Å²) in [6.07, 6.45) is 4.04. The van der Waals surface area contributed by atoms with E-state index in [1.165, 1.54) is 5.56 Å². The Bertz CT molecular complexity index is 1100. The number of carbonyl (C=O) groups is 1. The molecule has 1 aliphatic heterocycles. The summed E-state index contributed by atoms with van der Waals surface area (Å²) in [5.74, 6) is 2.44. The SMILES string of the molecule is CCCCN(C(=O)C1CCN(Cc2nc3ccccc3n2Cc2ccc(OC)cc2)CC1)C(C)C. The van der Waals surface area contributed by atoms with Gasteiger partial charge in [0, 0.05) is 25.0 Å². The van der Waals surface area contributed by atoms with Gasteiger partial charge in [0.1, 0.15) is 11.6 Å². The first kappa shape index (κ1) is 25.2. The Balaban J connectivity index is 1.44. The third-order valence-corrected chi connectivity index (χ3v) is 7.19. The zero-order valence-corrected chi connectivity index (χ0v) is 21.7. The number of amides is 1. The van der Waals surface area contributed by atoms with Gasteiger partial charge in [-0.3, -0.25) is 9.69 Å². The van der Waals surface area contributed by atoms with Gasteiger partial charge in [0.15, 0.2) is 0 Å². The fourth-order valence-corrected chi connectivity index (χ4v) is 5.06. The van der Waals surface area contributed by atoms with Crippen molar-refractivity contribution in [1.82, 2.24) is 19.4 Å². The van der Waals surface area contributed by atoms with Crippen LogP contribution in [0, 0.1) is 5.92 Å². The number of likely N-dealkylation sites (tertiary alicyclic amines) is 1. The van der Waals surface area contributed by atoms with Crippen molar-refractivity contribution in [2.24, 2.45) is 5.92 Å². The van der Waals surface area contributed by atoms with Gasteiger partial charge in [-0.15, -0.1) is 0 Å². The van der Waals surface area contributed by atoms with Crippen LogP contribution in [0.1, 0.15) is 57.8 Å². The molecule has 1 amide bonds. The van der Waals surface area contributed by atoms with Gasteiger partial charge in [0.05, 0.1) is 24.7 Å². The molecule has 1 saturated heterocycles. The quantitative estimate of drug-likeness (QED) is 0.396. The lowest BCUT2D eigenvalue weighted by atomic mass is 9.94. The van der Waals surface area contributed by atoms with Gasteiger partial charge in [-0.25, -0.2) is 4.98 Å². The van der Waals surface area contributed by atoms with E-state index in [9.17, 15) is 4.79 Å². The molecule has 4 rings (SSSR count). The van der Waals surface area contributed by atoms with Crippen LogP contribution >= 0.6 is 0 Å². The maximum atomic E-state index is 13.2. The molecular weight excluding hydrogens is 436 g/mol. The van der Waals surface area contributed by atoms with E-state index in [2.05, 4.69) is 65.5 Å². The number of hydrogen-bond donors (Lipinski definition) is 0. The van der Waals surface area contributed by atoms with Crippen molar-refractivity contribution in [3.63, 3.8) is 0 Å². The summed E-state index contributed by atoms with van der Waals surface area (Å²) in [5.41, 5.74) is 3.41. The van der Waals surface area contributed by atoms with Crippen LogP contribution in [0.4, 0.5) is 0 Å². The van der Waals surface area contributed by atoms with E-state index in [1.807, 2.05) is 18.2 Å². The highest BCUT2D eigenvalue weighted by Crippen LogP contribution is 2.25. The van der Waals surface area contributed by atoms with Gasteiger partial charge in [0.2, 0.25) is 5.91 Å². The van der Waals surface area contributed by atoms with Crippen LogP contribution in [0.5, 0.6) is 5.75 Å². The smallest absolute Gasteiger partial charge is 0.226 e. The maximum Gasteiger partial charge on any atom is 0.226 e. The summed E-state index contributed by atoms with van der Waals surface area (Å²) in [7, 11) is 1.69. The molecule has 0 N–H and O–H groups in total. The molecule has 0 saturated carbocycles. The Morgan fingerprint density at radius 3 is 2.46 bits per heavy atom. The number of para-hydroxylation sites is 2. The highest BCUT2D eigenvalue weighted by molar-refractivity contribution is 5.79. The van der Waals surface area contributed by atoms with Crippen LogP contribution in [-0.4, -0.2) is 58.0 Å². The van der Waals surface area contributed by atoms with Crippen molar-refractivity contribution in [3.8, 4) is 5.75 Å². The maximum absolute atomic E-state index is 13.2. The number of aromatic nitrogens is 2. The first-order valence-corrected chi connectivity index (χ1v) is 13.1. The molecule has 1 aliphatic rings. The minimum Gasteiger partial charge on any atom is -0.497 e. The van der Waals surface area contributed by atoms with E-state index in [1.54, 1.807) is 7.11 Å². The summed E-state index contributed by atoms with van der Waals surface area (Å²) in [6.45, 7) is 10.8. The van der Waals surface area contributed by atoms with Crippen LogP contribution in [0.2, 0.25) is 0 Å². The number of rotatable bonds is 10.